The van der Waals surface area contributed by atoms with Crippen LogP contribution in [0.2, 0.25) is 0 Å². The maximum atomic E-state index is 12.4. The highest BCUT2D eigenvalue weighted by molar-refractivity contribution is 5.23. The number of nitrogens with one attached hydrogen (secondary N) is 1. The molecule has 2 rings (SSSR count). The SMILES string of the molecule is CC1CNCCN1Cc1ccc(C(F)F)cc1. The summed E-state index contributed by atoms with van der Waals surface area (Å²) in [4.78, 5) is 2.37. The van der Waals surface area contributed by atoms with E-state index < -0.39 is 6.43 Å². The van der Waals surface area contributed by atoms with Gasteiger partial charge in [0.15, 0.2) is 0 Å². The average Bonchev–Trinajstić information content (AvgIpc) is 2.33. The van der Waals surface area contributed by atoms with Crippen LogP contribution >= 0.6 is 0 Å². The third-order valence-electron chi connectivity index (χ3n) is 3.26. The fraction of sp³-hybridized carbons (Fsp3) is 0.538. The normalized spacial score (nSPS) is 22.0. The molecular formula is C13H18F2N2. The zero-order valence-corrected chi connectivity index (χ0v) is 10.00. The number of nitrogens with zero attached hydrogens (tertiary/aromatic N) is 1. The fourth-order valence-corrected chi connectivity index (χ4v) is 2.12. The van der Waals surface area contributed by atoms with Crippen molar-refractivity contribution in [3.63, 3.8) is 0 Å². The summed E-state index contributed by atoms with van der Waals surface area (Å²) in [5.41, 5.74) is 1.20. The molecule has 0 aromatic heterocycles. The van der Waals surface area contributed by atoms with Crippen molar-refractivity contribution in [1.82, 2.24) is 10.2 Å². The quantitative estimate of drug-likeness (QED) is 0.873. The second-order valence-corrected chi connectivity index (χ2v) is 4.57. The van der Waals surface area contributed by atoms with E-state index in [4.69, 9.17) is 0 Å². The van der Waals surface area contributed by atoms with Crippen LogP contribution in [0.4, 0.5) is 8.78 Å². The molecule has 0 spiro atoms. The first-order chi connectivity index (χ1) is 8.16. The molecule has 1 atom stereocenters. The second-order valence-electron chi connectivity index (χ2n) is 4.57. The molecule has 1 unspecified atom stereocenters. The minimum absolute atomic E-state index is 0.0992. The predicted molar refractivity (Wildman–Crippen MR) is 64.1 cm³/mol. The first-order valence-corrected chi connectivity index (χ1v) is 5.98. The molecule has 1 aromatic carbocycles. The van der Waals surface area contributed by atoms with Gasteiger partial charge >= 0.3 is 0 Å². The molecule has 2 nitrogen and oxygen atoms in total. The fourth-order valence-electron chi connectivity index (χ4n) is 2.12. The maximum absolute atomic E-state index is 12.4. The molecule has 0 amide bonds. The second kappa shape index (κ2) is 5.56. The summed E-state index contributed by atoms with van der Waals surface area (Å²) >= 11 is 0. The van der Waals surface area contributed by atoms with E-state index in [2.05, 4.69) is 17.1 Å². The van der Waals surface area contributed by atoms with Crippen LogP contribution in [0.1, 0.15) is 24.5 Å². The smallest absolute Gasteiger partial charge is 0.263 e. The topological polar surface area (TPSA) is 15.3 Å². The summed E-state index contributed by atoms with van der Waals surface area (Å²) in [7, 11) is 0. The zero-order valence-electron chi connectivity index (χ0n) is 10.00. The van der Waals surface area contributed by atoms with Crippen LogP contribution in [0, 0.1) is 0 Å². The van der Waals surface area contributed by atoms with E-state index in [-0.39, 0.29) is 5.56 Å². The van der Waals surface area contributed by atoms with Crippen molar-refractivity contribution >= 4 is 0 Å². The lowest BCUT2D eigenvalue weighted by Gasteiger charge is -2.33. The Morgan fingerprint density at radius 2 is 2.06 bits per heavy atom. The molecule has 0 aliphatic carbocycles. The van der Waals surface area contributed by atoms with Crippen molar-refractivity contribution in [2.75, 3.05) is 19.6 Å². The van der Waals surface area contributed by atoms with Gasteiger partial charge in [-0.25, -0.2) is 8.78 Å². The summed E-state index contributed by atoms with van der Waals surface area (Å²) in [6, 6.07) is 7.14. The maximum Gasteiger partial charge on any atom is 0.263 e. The molecule has 4 heteroatoms. The van der Waals surface area contributed by atoms with Crippen LogP contribution in [-0.2, 0) is 6.54 Å². The Hall–Kier alpha value is -1.00. The van der Waals surface area contributed by atoms with Crippen molar-refractivity contribution < 1.29 is 8.78 Å². The van der Waals surface area contributed by atoms with Gasteiger partial charge in [0.2, 0.25) is 0 Å². The van der Waals surface area contributed by atoms with Crippen LogP contribution in [0.25, 0.3) is 0 Å². The standard InChI is InChI=1S/C13H18F2N2/c1-10-8-16-6-7-17(10)9-11-2-4-12(5-3-11)13(14)15/h2-5,10,13,16H,6-9H2,1H3. The minimum Gasteiger partial charge on any atom is -0.314 e. The van der Waals surface area contributed by atoms with Crippen molar-refractivity contribution in [2.24, 2.45) is 0 Å². The predicted octanol–water partition coefficient (Wildman–Crippen LogP) is 2.42. The van der Waals surface area contributed by atoms with E-state index in [1.165, 1.54) is 12.1 Å². The monoisotopic (exact) mass is 240 g/mol. The van der Waals surface area contributed by atoms with Crippen LogP contribution in [0.3, 0.4) is 0 Å². The highest BCUT2D eigenvalue weighted by Gasteiger charge is 2.17. The molecule has 1 saturated heterocycles. The molecule has 1 fully saturated rings. The van der Waals surface area contributed by atoms with E-state index in [0.717, 1.165) is 31.7 Å². The van der Waals surface area contributed by atoms with Gasteiger partial charge in [0.05, 0.1) is 0 Å². The van der Waals surface area contributed by atoms with Crippen molar-refractivity contribution in [2.45, 2.75) is 25.9 Å². The molecule has 1 aliphatic heterocycles. The summed E-state index contributed by atoms with van der Waals surface area (Å²) in [5.74, 6) is 0. The van der Waals surface area contributed by atoms with Gasteiger partial charge in [-0.3, -0.25) is 4.90 Å². The van der Waals surface area contributed by atoms with Crippen molar-refractivity contribution in [1.29, 1.82) is 0 Å². The van der Waals surface area contributed by atoms with Gasteiger partial charge in [0.25, 0.3) is 6.43 Å². The van der Waals surface area contributed by atoms with Gasteiger partial charge in [0, 0.05) is 37.8 Å². The highest BCUT2D eigenvalue weighted by Crippen LogP contribution is 2.19. The Bertz CT molecular complexity index is 351. The minimum atomic E-state index is -2.37. The first kappa shape index (κ1) is 12.5. The number of benzene rings is 1. The molecule has 1 aromatic rings. The molecule has 1 N–H and O–H groups in total. The molecule has 94 valence electrons. The molecular weight excluding hydrogens is 222 g/mol. The van der Waals surface area contributed by atoms with Gasteiger partial charge in [-0.1, -0.05) is 24.3 Å². The number of hydrogen-bond acceptors (Lipinski definition) is 2. The number of hydrogen-bond donors (Lipinski definition) is 1. The Morgan fingerprint density at radius 1 is 1.35 bits per heavy atom. The first-order valence-electron chi connectivity index (χ1n) is 5.98. The van der Waals surface area contributed by atoms with Crippen molar-refractivity contribution in [3.8, 4) is 0 Å². The third-order valence-corrected chi connectivity index (χ3v) is 3.26. The largest absolute Gasteiger partial charge is 0.314 e. The van der Waals surface area contributed by atoms with Gasteiger partial charge in [0.1, 0.15) is 0 Å². The lowest BCUT2D eigenvalue weighted by Crippen LogP contribution is -2.49. The van der Waals surface area contributed by atoms with Gasteiger partial charge in [-0.15, -0.1) is 0 Å². The lowest BCUT2D eigenvalue weighted by molar-refractivity contribution is 0.151. The van der Waals surface area contributed by atoms with E-state index in [0.29, 0.717) is 6.04 Å². The highest BCUT2D eigenvalue weighted by atomic mass is 19.3. The number of rotatable bonds is 3. The number of alkyl halides is 2. The lowest BCUT2D eigenvalue weighted by atomic mass is 10.1. The average molecular weight is 240 g/mol. The summed E-state index contributed by atoms with van der Waals surface area (Å²) in [5, 5.41) is 3.33. The summed E-state index contributed by atoms with van der Waals surface area (Å²) < 4.78 is 24.8. The van der Waals surface area contributed by atoms with Gasteiger partial charge in [-0.2, -0.15) is 0 Å². The molecule has 0 bridgehead atoms. The Morgan fingerprint density at radius 3 is 2.65 bits per heavy atom. The molecule has 0 saturated carbocycles. The zero-order chi connectivity index (χ0) is 12.3. The van der Waals surface area contributed by atoms with Crippen molar-refractivity contribution in [3.05, 3.63) is 35.4 Å². The molecule has 1 heterocycles. The summed E-state index contributed by atoms with van der Waals surface area (Å²) in [6.45, 7) is 6.03. The Balaban J connectivity index is 1.98. The van der Waals surface area contributed by atoms with Crippen LogP contribution < -0.4 is 5.32 Å². The Kier molecular flexibility index (Phi) is 4.07. The Labute approximate surface area is 101 Å². The molecule has 1 aliphatic rings. The van der Waals surface area contributed by atoms with E-state index in [9.17, 15) is 8.78 Å². The molecule has 17 heavy (non-hydrogen) atoms. The molecule has 0 radical (unpaired) electrons. The van der Waals surface area contributed by atoms with Crippen LogP contribution in [0.5, 0.6) is 0 Å². The van der Waals surface area contributed by atoms with Crippen LogP contribution in [0.15, 0.2) is 24.3 Å². The summed E-state index contributed by atoms with van der Waals surface area (Å²) in [6.07, 6.45) is -2.37. The van der Waals surface area contributed by atoms with Gasteiger partial charge in [-0.05, 0) is 12.5 Å². The van der Waals surface area contributed by atoms with E-state index in [1.807, 2.05) is 0 Å². The number of halogens is 2. The van der Waals surface area contributed by atoms with E-state index >= 15 is 0 Å². The number of piperazine rings is 1. The third kappa shape index (κ3) is 3.23. The van der Waals surface area contributed by atoms with Crippen LogP contribution in [-0.4, -0.2) is 30.6 Å². The van der Waals surface area contributed by atoms with Gasteiger partial charge < -0.3 is 5.32 Å². The van der Waals surface area contributed by atoms with E-state index in [1.54, 1.807) is 12.1 Å².